The van der Waals surface area contributed by atoms with Crippen LogP contribution in [0, 0.1) is 0 Å². The molecule has 0 aromatic rings. The standard InChI is InChI=1S/C42H81NO12S/c1-3-5-7-9-11-13-15-17-18-19-21-22-24-26-28-30-35(45)34(33-53-42-39(48)40(55-56(50,51)52)38(47)37(32-44)54-42)43-41(49)36(46)31-29-27-25-23-20-16-14-12-10-8-6-4-2/h28,30,34-40,42,44-48H,3-27,29,31-33H2,1-2H3,(H,43,49)(H,50,51,52)/b30-28+. The van der Waals surface area contributed by atoms with Crippen LogP contribution in [0.2, 0.25) is 0 Å². The molecular formula is C42H81NO12S. The molecule has 332 valence electrons. The summed E-state index contributed by atoms with van der Waals surface area (Å²) in [7, 11) is -5.11. The van der Waals surface area contributed by atoms with E-state index in [9.17, 15) is 38.7 Å². The summed E-state index contributed by atoms with van der Waals surface area (Å²) in [6, 6.07) is -1.11. The van der Waals surface area contributed by atoms with E-state index in [1.807, 2.05) is 6.08 Å². The number of ether oxygens (including phenoxy) is 2. The van der Waals surface area contributed by atoms with Crippen LogP contribution in [-0.2, 0) is 28.9 Å². The van der Waals surface area contributed by atoms with Crippen molar-refractivity contribution < 1.29 is 57.0 Å². The third-order valence-corrected chi connectivity index (χ3v) is 11.1. The number of aliphatic hydroxyl groups is 5. The molecule has 1 rings (SSSR count). The molecule has 56 heavy (non-hydrogen) atoms. The van der Waals surface area contributed by atoms with E-state index >= 15 is 0 Å². The Balaban J connectivity index is 2.63. The fourth-order valence-electron chi connectivity index (χ4n) is 7.11. The highest BCUT2D eigenvalue weighted by atomic mass is 32.3. The predicted molar refractivity (Wildman–Crippen MR) is 219 cm³/mol. The summed E-state index contributed by atoms with van der Waals surface area (Å²) >= 11 is 0. The van der Waals surface area contributed by atoms with Gasteiger partial charge in [-0.2, -0.15) is 8.42 Å². The SMILES string of the molecule is CCCCCCCCCCCCCCC/C=C/C(O)C(COC1OC(CO)C(O)C(OS(=O)(=O)O)C1O)NC(=O)C(O)CCCCCCCCCCCCCC. The van der Waals surface area contributed by atoms with Gasteiger partial charge in [-0.25, -0.2) is 4.18 Å². The zero-order valence-corrected chi connectivity index (χ0v) is 35.6. The number of amides is 1. The first-order valence-corrected chi connectivity index (χ1v) is 23.5. The number of allylic oxidation sites excluding steroid dienone is 1. The normalized spacial score (nSPS) is 22.0. The van der Waals surface area contributed by atoms with Crippen LogP contribution in [0.3, 0.4) is 0 Å². The van der Waals surface area contributed by atoms with Crippen LogP contribution >= 0.6 is 0 Å². The molecule has 7 N–H and O–H groups in total. The van der Waals surface area contributed by atoms with Gasteiger partial charge in [0.2, 0.25) is 5.91 Å². The Morgan fingerprint density at radius 2 is 1.16 bits per heavy atom. The Hall–Kier alpha value is -1.20. The van der Waals surface area contributed by atoms with Crippen LogP contribution in [0.1, 0.15) is 187 Å². The molecular weight excluding hydrogens is 743 g/mol. The van der Waals surface area contributed by atoms with E-state index in [0.717, 1.165) is 38.5 Å². The summed E-state index contributed by atoms with van der Waals surface area (Å²) in [6.45, 7) is 3.20. The predicted octanol–water partition coefficient (Wildman–Crippen LogP) is 6.97. The number of carbonyl (C=O) groups is 1. The lowest BCUT2D eigenvalue weighted by molar-refractivity contribution is -0.298. The van der Waals surface area contributed by atoms with Crippen LogP contribution < -0.4 is 5.32 Å². The maximum Gasteiger partial charge on any atom is 0.397 e. The fourth-order valence-corrected chi connectivity index (χ4v) is 7.62. The van der Waals surface area contributed by atoms with Gasteiger partial charge < -0.3 is 40.3 Å². The summed E-state index contributed by atoms with van der Waals surface area (Å²) in [5, 5.41) is 55.1. The number of unbranched alkanes of at least 4 members (excludes halogenated alkanes) is 24. The van der Waals surface area contributed by atoms with E-state index < -0.39 is 78.5 Å². The quantitative estimate of drug-likeness (QED) is 0.0192. The van der Waals surface area contributed by atoms with Gasteiger partial charge in [0.15, 0.2) is 6.29 Å². The number of carbonyl (C=O) groups excluding carboxylic acids is 1. The van der Waals surface area contributed by atoms with E-state index in [1.54, 1.807) is 0 Å². The van der Waals surface area contributed by atoms with E-state index in [1.165, 1.54) is 122 Å². The van der Waals surface area contributed by atoms with Crippen molar-refractivity contribution in [2.45, 2.75) is 236 Å². The number of nitrogens with one attached hydrogen (secondary N) is 1. The van der Waals surface area contributed by atoms with Crippen molar-refractivity contribution in [1.29, 1.82) is 0 Å². The Morgan fingerprint density at radius 3 is 1.61 bits per heavy atom. The number of hydrogen-bond donors (Lipinski definition) is 7. The number of rotatable bonds is 37. The van der Waals surface area contributed by atoms with Crippen molar-refractivity contribution >= 4 is 16.3 Å². The molecule has 0 aromatic carbocycles. The van der Waals surface area contributed by atoms with Crippen molar-refractivity contribution in [2.75, 3.05) is 13.2 Å². The maximum atomic E-state index is 13.1. The molecule has 0 saturated carbocycles. The van der Waals surface area contributed by atoms with Gasteiger partial charge in [0.25, 0.3) is 0 Å². The van der Waals surface area contributed by atoms with E-state index in [4.69, 9.17) is 14.0 Å². The minimum Gasteiger partial charge on any atom is -0.394 e. The first kappa shape index (κ1) is 52.8. The van der Waals surface area contributed by atoms with Crippen molar-refractivity contribution in [3.05, 3.63) is 12.2 Å². The maximum absolute atomic E-state index is 13.1. The molecule has 8 atom stereocenters. The van der Waals surface area contributed by atoms with Gasteiger partial charge in [-0.3, -0.25) is 9.35 Å². The lowest BCUT2D eigenvalue weighted by Gasteiger charge is -2.41. The Kier molecular flexibility index (Phi) is 31.7. The molecule has 0 spiro atoms. The number of aliphatic hydroxyl groups excluding tert-OH is 5. The van der Waals surface area contributed by atoms with E-state index in [-0.39, 0.29) is 6.42 Å². The molecule has 13 nitrogen and oxygen atoms in total. The highest BCUT2D eigenvalue weighted by Gasteiger charge is 2.48. The molecule has 1 amide bonds. The van der Waals surface area contributed by atoms with Gasteiger partial charge in [0, 0.05) is 0 Å². The summed E-state index contributed by atoms with van der Waals surface area (Å²) in [5.41, 5.74) is 0. The topological polar surface area (TPSA) is 212 Å². The third kappa shape index (κ3) is 26.0. The molecule has 1 heterocycles. The first-order chi connectivity index (χ1) is 26.9. The van der Waals surface area contributed by atoms with Gasteiger partial charge in [-0.1, -0.05) is 180 Å². The zero-order valence-electron chi connectivity index (χ0n) is 34.8. The second-order valence-corrected chi connectivity index (χ2v) is 16.8. The van der Waals surface area contributed by atoms with Crippen molar-refractivity contribution in [3.8, 4) is 0 Å². The highest BCUT2D eigenvalue weighted by Crippen LogP contribution is 2.26. The largest absolute Gasteiger partial charge is 0.397 e. The van der Waals surface area contributed by atoms with Gasteiger partial charge in [-0.05, 0) is 19.3 Å². The van der Waals surface area contributed by atoms with Gasteiger partial charge in [0.1, 0.15) is 30.5 Å². The molecule has 8 unspecified atom stereocenters. The van der Waals surface area contributed by atoms with Crippen LogP contribution in [0.25, 0.3) is 0 Å². The van der Waals surface area contributed by atoms with E-state index in [0.29, 0.717) is 12.8 Å². The first-order valence-electron chi connectivity index (χ1n) is 22.2. The molecule has 1 saturated heterocycles. The molecule has 14 heteroatoms. The molecule has 0 bridgehead atoms. The highest BCUT2D eigenvalue weighted by molar-refractivity contribution is 7.80. The molecule has 0 radical (unpaired) electrons. The van der Waals surface area contributed by atoms with Gasteiger partial charge in [0.05, 0.1) is 25.4 Å². The molecule has 1 aliphatic rings. The minimum absolute atomic E-state index is 0.247. The average molecular weight is 824 g/mol. The van der Waals surface area contributed by atoms with Crippen LogP contribution in [0.15, 0.2) is 12.2 Å². The minimum atomic E-state index is -5.11. The van der Waals surface area contributed by atoms with Crippen molar-refractivity contribution in [3.63, 3.8) is 0 Å². The fraction of sp³-hybridized carbons (Fsp3) is 0.929. The Morgan fingerprint density at radius 1 is 0.714 bits per heavy atom. The second-order valence-electron chi connectivity index (χ2n) is 15.8. The second kappa shape index (κ2) is 33.6. The Labute approximate surface area is 339 Å². The molecule has 1 aliphatic heterocycles. The summed E-state index contributed by atoms with van der Waals surface area (Å²) < 4.78 is 47.4. The molecule has 0 aromatic heterocycles. The van der Waals surface area contributed by atoms with Crippen molar-refractivity contribution in [2.24, 2.45) is 0 Å². The smallest absolute Gasteiger partial charge is 0.394 e. The Bertz CT molecular complexity index is 1080. The van der Waals surface area contributed by atoms with Crippen LogP contribution in [-0.4, -0.2) is 107 Å². The number of hydrogen-bond acceptors (Lipinski definition) is 11. The summed E-state index contributed by atoms with van der Waals surface area (Å²) in [6.07, 6.45) is 23.0. The van der Waals surface area contributed by atoms with Crippen LogP contribution in [0.4, 0.5) is 0 Å². The van der Waals surface area contributed by atoms with Crippen molar-refractivity contribution in [1.82, 2.24) is 5.32 Å². The summed E-state index contributed by atoms with van der Waals surface area (Å²) in [4.78, 5) is 13.1. The summed E-state index contributed by atoms with van der Waals surface area (Å²) in [5.74, 6) is -0.702. The monoisotopic (exact) mass is 824 g/mol. The van der Waals surface area contributed by atoms with E-state index in [2.05, 4.69) is 23.3 Å². The van der Waals surface area contributed by atoms with Crippen LogP contribution in [0.5, 0.6) is 0 Å². The third-order valence-electron chi connectivity index (χ3n) is 10.7. The molecule has 1 fully saturated rings. The average Bonchev–Trinajstić information content (AvgIpc) is 3.16. The lowest BCUT2D eigenvalue weighted by atomic mass is 9.99. The lowest BCUT2D eigenvalue weighted by Crippen LogP contribution is -2.61. The zero-order chi connectivity index (χ0) is 41.4. The van der Waals surface area contributed by atoms with Gasteiger partial charge in [-0.15, -0.1) is 0 Å². The molecule has 0 aliphatic carbocycles. The van der Waals surface area contributed by atoms with Gasteiger partial charge >= 0.3 is 10.4 Å².